The molecule has 1 saturated heterocycles. The third-order valence-electron chi connectivity index (χ3n) is 5.79. The Hall–Kier alpha value is -2.01. The van der Waals surface area contributed by atoms with Crippen molar-refractivity contribution in [1.29, 1.82) is 0 Å². The lowest BCUT2D eigenvalue weighted by molar-refractivity contribution is 0.281. The third-order valence-corrected chi connectivity index (χ3v) is 9.95. The van der Waals surface area contributed by atoms with Crippen molar-refractivity contribution < 1.29 is 26.0 Å². The van der Waals surface area contributed by atoms with Gasteiger partial charge in [-0.1, -0.05) is 18.2 Å². The van der Waals surface area contributed by atoms with Gasteiger partial charge in [-0.2, -0.15) is 0 Å². The van der Waals surface area contributed by atoms with Gasteiger partial charge in [0.15, 0.2) is 19.7 Å². The van der Waals surface area contributed by atoms with Crippen LogP contribution in [0.25, 0.3) is 0 Å². The molecule has 0 aromatic heterocycles. The third kappa shape index (κ3) is 5.31. The first-order valence-corrected chi connectivity index (χ1v) is 13.6. The number of nitrogens with zero attached hydrogens (tertiary/aromatic N) is 1. The SMILES string of the molecule is COc1ccc(C(CN[C@H]2CS(=O)(=O)C[C@@H]2S(=O)(=O)c2cc(C)ccc2F)N(C)C)cc1. The number of hydrogen-bond acceptors (Lipinski definition) is 7. The molecule has 1 N–H and O–H groups in total. The fraction of sp³-hybridized carbons (Fsp3) is 0.455. The average Bonchev–Trinajstić information content (AvgIpc) is 3.05. The standard InChI is InChI=1S/C22H29FN2O5S2/c1-15-5-10-18(23)21(11-15)32(28,29)22-14-31(26,27)13-19(22)24-12-20(25(2)3)16-6-8-17(30-4)9-7-16/h5-11,19-20,22,24H,12-14H2,1-4H3/t19-,20?,22-/m0/s1. The van der Waals surface area contributed by atoms with Crippen LogP contribution in [0.15, 0.2) is 47.4 Å². The van der Waals surface area contributed by atoms with E-state index in [1.54, 1.807) is 14.0 Å². The van der Waals surface area contributed by atoms with Crippen molar-refractivity contribution in [3.63, 3.8) is 0 Å². The molecule has 1 heterocycles. The van der Waals surface area contributed by atoms with Crippen molar-refractivity contribution in [2.24, 2.45) is 0 Å². The predicted octanol–water partition coefficient (Wildman–Crippen LogP) is 1.97. The molecule has 7 nitrogen and oxygen atoms in total. The van der Waals surface area contributed by atoms with E-state index >= 15 is 0 Å². The molecule has 3 atom stereocenters. The maximum atomic E-state index is 14.4. The largest absolute Gasteiger partial charge is 0.497 e. The number of benzene rings is 2. The summed E-state index contributed by atoms with van der Waals surface area (Å²) in [5, 5.41) is 1.89. The second-order valence-corrected chi connectivity index (χ2v) is 12.7. The highest BCUT2D eigenvalue weighted by atomic mass is 32.2. The predicted molar refractivity (Wildman–Crippen MR) is 122 cm³/mol. The van der Waals surface area contributed by atoms with Gasteiger partial charge < -0.3 is 15.0 Å². The molecule has 0 saturated carbocycles. The summed E-state index contributed by atoms with van der Waals surface area (Å²) in [6, 6.07) is 10.3. The van der Waals surface area contributed by atoms with E-state index in [2.05, 4.69) is 5.32 Å². The van der Waals surface area contributed by atoms with Crippen molar-refractivity contribution in [3.8, 4) is 5.75 Å². The van der Waals surface area contributed by atoms with E-state index in [0.717, 1.165) is 11.6 Å². The number of ether oxygens (including phenoxy) is 1. The quantitative estimate of drug-likeness (QED) is 0.612. The zero-order valence-electron chi connectivity index (χ0n) is 18.6. The highest BCUT2D eigenvalue weighted by Crippen LogP contribution is 2.29. The van der Waals surface area contributed by atoms with E-state index < -0.39 is 47.4 Å². The Morgan fingerprint density at radius 2 is 1.81 bits per heavy atom. The normalized spacial score (nSPS) is 21.6. The van der Waals surface area contributed by atoms with Crippen LogP contribution in [0.1, 0.15) is 17.2 Å². The summed E-state index contributed by atoms with van der Waals surface area (Å²) >= 11 is 0. The molecule has 32 heavy (non-hydrogen) atoms. The topological polar surface area (TPSA) is 92.8 Å². The molecular weight excluding hydrogens is 455 g/mol. The summed E-state index contributed by atoms with van der Waals surface area (Å²) in [4.78, 5) is 1.51. The highest BCUT2D eigenvalue weighted by Gasteiger charge is 2.46. The van der Waals surface area contributed by atoms with Crippen LogP contribution in [0, 0.1) is 12.7 Å². The number of sulfone groups is 2. The van der Waals surface area contributed by atoms with Crippen LogP contribution in [-0.4, -0.2) is 72.3 Å². The molecule has 1 fully saturated rings. The first kappa shape index (κ1) is 24.6. The molecule has 2 aromatic carbocycles. The lowest BCUT2D eigenvalue weighted by atomic mass is 10.1. The average molecular weight is 485 g/mol. The summed E-state index contributed by atoms with van der Waals surface area (Å²) < 4.78 is 70.8. The molecule has 0 radical (unpaired) electrons. The Morgan fingerprint density at radius 1 is 1.16 bits per heavy atom. The molecule has 0 bridgehead atoms. The number of likely N-dealkylation sites (N-methyl/N-ethyl adjacent to an activating group) is 1. The first-order valence-electron chi connectivity index (χ1n) is 10.2. The Labute approximate surface area is 189 Å². The second-order valence-electron chi connectivity index (χ2n) is 8.36. The molecule has 0 spiro atoms. The van der Waals surface area contributed by atoms with Crippen molar-refractivity contribution in [3.05, 3.63) is 59.4 Å². The van der Waals surface area contributed by atoms with E-state index in [0.29, 0.717) is 17.9 Å². The number of methoxy groups -OCH3 is 1. The minimum atomic E-state index is -4.20. The van der Waals surface area contributed by atoms with Gasteiger partial charge >= 0.3 is 0 Å². The van der Waals surface area contributed by atoms with E-state index in [4.69, 9.17) is 4.74 Å². The number of nitrogens with one attached hydrogen (secondary N) is 1. The van der Waals surface area contributed by atoms with Gasteiger partial charge in [0.1, 0.15) is 16.5 Å². The van der Waals surface area contributed by atoms with Crippen LogP contribution in [0.4, 0.5) is 4.39 Å². The number of halogens is 1. The Bertz CT molecular complexity index is 1170. The molecule has 1 aliphatic heterocycles. The van der Waals surface area contributed by atoms with Crippen LogP contribution in [0.5, 0.6) is 5.75 Å². The van der Waals surface area contributed by atoms with Gasteiger partial charge in [-0.05, 0) is 56.4 Å². The molecular formula is C22H29FN2O5S2. The fourth-order valence-corrected chi connectivity index (χ4v) is 8.86. The summed E-state index contributed by atoms with van der Waals surface area (Å²) in [6.45, 7) is 1.98. The van der Waals surface area contributed by atoms with Crippen LogP contribution in [0.2, 0.25) is 0 Å². The smallest absolute Gasteiger partial charge is 0.186 e. The molecule has 2 aromatic rings. The van der Waals surface area contributed by atoms with Crippen LogP contribution >= 0.6 is 0 Å². The lowest BCUT2D eigenvalue weighted by Crippen LogP contribution is -2.46. The van der Waals surface area contributed by atoms with Gasteiger partial charge in [0.2, 0.25) is 0 Å². The van der Waals surface area contributed by atoms with Gasteiger partial charge in [-0.15, -0.1) is 0 Å². The van der Waals surface area contributed by atoms with E-state index in [-0.39, 0.29) is 11.8 Å². The minimum absolute atomic E-state index is 0.136. The molecule has 0 amide bonds. The van der Waals surface area contributed by atoms with Crippen molar-refractivity contribution >= 4 is 19.7 Å². The lowest BCUT2D eigenvalue weighted by Gasteiger charge is -2.28. The van der Waals surface area contributed by atoms with Gasteiger partial charge in [0.05, 0.1) is 23.9 Å². The molecule has 10 heteroatoms. The van der Waals surface area contributed by atoms with Crippen molar-refractivity contribution in [2.75, 3.05) is 39.3 Å². The van der Waals surface area contributed by atoms with Gasteiger partial charge in [0.25, 0.3) is 0 Å². The van der Waals surface area contributed by atoms with Gasteiger partial charge in [-0.25, -0.2) is 21.2 Å². The molecule has 0 aliphatic carbocycles. The maximum Gasteiger partial charge on any atom is 0.186 e. The van der Waals surface area contributed by atoms with Crippen molar-refractivity contribution in [1.82, 2.24) is 10.2 Å². The zero-order chi connectivity index (χ0) is 23.7. The Morgan fingerprint density at radius 3 is 2.41 bits per heavy atom. The van der Waals surface area contributed by atoms with Gasteiger partial charge in [-0.3, -0.25) is 0 Å². The number of hydrogen-bond donors (Lipinski definition) is 1. The Balaban J connectivity index is 1.87. The number of rotatable bonds is 8. The zero-order valence-corrected chi connectivity index (χ0v) is 20.2. The fourth-order valence-electron chi connectivity index (χ4n) is 3.99. The second kappa shape index (κ2) is 9.46. The monoisotopic (exact) mass is 484 g/mol. The summed E-state index contributed by atoms with van der Waals surface area (Å²) in [7, 11) is -2.44. The van der Waals surface area contributed by atoms with E-state index in [1.807, 2.05) is 43.3 Å². The van der Waals surface area contributed by atoms with Crippen molar-refractivity contribution in [2.45, 2.75) is 29.2 Å². The maximum absolute atomic E-state index is 14.4. The molecule has 3 rings (SSSR count). The van der Waals surface area contributed by atoms with Crippen LogP contribution < -0.4 is 10.1 Å². The Kier molecular flexibility index (Phi) is 7.28. The van der Waals surface area contributed by atoms with Crippen LogP contribution in [0.3, 0.4) is 0 Å². The van der Waals surface area contributed by atoms with E-state index in [9.17, 15) is 21.2 Å². The molecule has 176 valence electrons. The first-order chi connectivity index (χ1) is 14.9. The summed E-state index contributed by atoms with van der Waals surface area (Å²) in [5.41, 5.74) is 1.55. The van der Waals surface area contributed by atoms with E-state index in [1.165, 1.54) is 12.1 Å². The van der Waals surface area contributed by atoms with Crippen LogP contribution in [-0.2, 0) is 19.7 Å². The summed E-state index contributed by atoms with van der Waals surface area (Å²) in [6.07, 6.45) is 0. The number of aryl methyl sites for hydroxylation is 1. The highest BCUT2D eigenvalue weighted by molar-refractivity contribution is 7.96. The summed E-state index contributed by atoms with van der Waals surface area (Å²) in [5.74, 6) is -1.00. The van der Waals surface area contributed by atoms with Gasteiger partial charge in [0, 0.05) is 18.6 Å². The molecule has 1 aliphatic rings. The molecule has 1 unspecified atom stereocenters. The minimum Gasteiger partial charge on any atom is -0.497 e.